The molecule has 0 radical (unpaired) electrons. The van der Waals surface area contributed by atoms with Crippen LogP contribution in [-0.2, 0) is 16.3 Å². The maximum atomic E-state index is 11.7. The number of nitrogens with two attached hydrogens (primary N) is 1. The van der Waals surface area contributed by atoms with Gasteiger partial charge < -0.3 is 5.73 Å². The fourth-order valence-electron chi connectivity index (χ4n) is 2.96. The minimum Gasteiger partial charge on any atom is -0.330 e. The van der Waals surface area contributed by atoms with E-state index in [1.165, 1.54) is 16.7 Å². The van der Waals surface area contributed by atoms with Gasteiger partial charge in [-0.25, -0.2) is 8.42 Å². The van der Waals surface area contributed by atoms with Gasteiger partial charge in [-0.1, -0.05) is 29.3 Å². The molecule has 1 aliphatic heterocycles. The van der Waals surface area contributed by atoms with Crippen molar-refractivity contribution in [2.24, 2.45) is 11.1 Å². The molecular formula is C14H21NO2S. The molecule has 100 valence electrons. The SMILES string of the molecule is Cc1cc(C)cc(CC2(CN)CCS(=O)(=O)C2)c1. The molecule has 18 heavy (non-hydrogen) atoms. The highest BCUT2D eigenvalue weighted by molar-refractivity contribution is 7.91. The van der Waals surface area contributed by atoms with Crippen molar-refractivity contribution in [1.82, 2.24) is 0 Å². The van der Waals surface area contributed by atoms with Crippen molar-refractivity contribution in [3.05, 3.63) is 34.9 Å². The summed E-state index contributed by atoms with van der Waals surface area (Å²) in [6.45, 7) is 4.58. The molecule has 0 spiro atoms. The third-order valence-corrected chi connectivity index (χ3v) is 5.64. The van der Waals surface area contributed by atoms with E-state index in [-0.39, 0.29) is 16.9 Å². The zero-order valence-electron chi connectivity index (χ0n) is 11.1. The Morgan fingerprint density at radius 2 is 1.83 bits per heavy atom. The first-order valence-electron chi connectivity index (χ1n) is 6.32. The Morgan fingerprint density at radius 1 is 1.22 bits per heavy atom. The van der Waals surface area contributed by atoms with Gasteiger partial charge in [0.25, 0.3) is 0 Å². The van der Waals surface area contributed by atoms with Gasteiger partial charge in [-0.05, 0) is 38.8 Å². The van der Waals surface area contributed by atoms with Gasteiger partial charge >= 0.3 is 0 Å². The summed E-state index contributed by atoms with van der Waals surface area (Å²) >= 11 is 0. The van der Waals surface area contributed by atoms with E-state index >= 15 is 0 Å². The van der Waals surface area contributed by atoms with Crippen molar-refractivity contribution in [3.63, 3.8) is 0 Å². The van der Waals surface area contributed by atoms with Crippen molar-refractivity contribution in [2.75, 3.05) is 18.1 Å². The topological polar surface area (TPSA) is 60.2 Å². The Labute approximate surface area is 109 Å². The predicted octanol–water partition coefficient (Wildman–Crippen LogP) is 1.61. The standard InChI is InChI=1S/C14H21NO2S/c1-11-5-12(2)7-13(6-11)8-14(9-15)3-4-18(16,17)10-14/h5-7H,3-4,8-10,15H2,1-2H3. The summed E-state index contributed by atoms with van der Waals surface area (Å²) < 4.78 is 23.3. The minimum atomic E-state index is -2.89. The van der Waals surface area contributed by atoms with Gasteiger partial charge in [0.2, 0.25) is 0 Å². The highest BCUT2D eigenvalue weighted by Crippen LogP contribution is 2.35. The van der Waals surface area contributed by atoms with E-state index in [2.05, 4.69) is 32.0 Å². The van der Waals surface area contributed by atoms with E-state index in [9.17, 15) is 8.42 Å². The van der Waals surface area contributed by atoms with E-state index < -0.39 is 9.84 Å². The molecular weight excluding hydrogens is 246 g/mol. The van der Waals surface area contributed by atoms with Gasteiger partial charge in [0.05, 0.1) is 11.5 Å². The Balaban J connectivity index is 2.26. The lowest BCUT2D eigenvalue weighted by Gasteiger charge is -2.26. The Kier molecular flexibility index (Phi) is 3.52. The molecule has 1 aromatic rings. The summed E-state index contributed by atoms with van der Waals surface area (Å²) in [4.78, 5) is 0. The molecule has 1 aromatic carbocycles. The lowest BCUT2D eigenvalue weighted by molar-refractivity contribution is 0.344. The van der Waals surface area contributed by atoms with Crippen LogP contribution >= 0.6 is 0 Å². The summed E-state index contributed by atoms with van der Waals surface area (Å²) in [6.07, 6.45) is 1.46. The zero-order valence-corrected chi connectivity index (χ0v) is 11.9. The minimum absolute atomic E-state index is 0.240. The van der Waals surface area contributed by atoms with E-state index in [1.807, 2.05) is 0 Å². The van der Waals surface area contributed by atoms with Crippen LogP contribution in [0, 0.1) is 19.3 Å². The van der Waals surface area contributed by atoms with Crippen LogP contribution in [0.15, 0.2) is 18.2 Å². The van der Waals surface area contributed by atoms with Crippen molar-refractivity contribution in [3.8, 4) is 0 Å². The molecule has 2 rings (SSSR count). The maximum absolute atomic E-state index is 11.7. The normalized spacial score (nSPS) is 26.4. The van der Waals surface area contributed by atoms with E-state index in [0.717, 1.165) is 6.42 Å². The van der Waals surface area contributed by atoms with E-state index in [4.69, 9.17) is 5.73 Å². The lowest BCUT2D eigenvalue weighted by Crippen LogP contribution is -2.34. The van der Waals surface area contributed by atoms with Gasteiger partial charge in [-0.15, -0.1) is 0 Å². The van der Waals surface area contributed by atoms with Crippen LogP contribution in [0.2, 0.25) is 0 Å². The number of sulfone groups is 1. The summed E-state index contributed by atoms with van der Waals surface area (Å²) in [5, 5.41) is 0. The third kappa shape index (κ3) is 2.93. The van der Waals surface area contributed by atoms with Crippen molar-refractivity contribution in [2.45, 2.75) is 26.7 Å². The maximum Gasteiger partial charge on any atom is 0.150 e. The zero-order chi connectivity index (χ0) is 13.4. The fourth-order valence-corrected chi connectivity index (χ4v) is 5.15. The predicted molar refractivity (Wildman–Crippen MR) is 74.4 cm³/mol. The lowest BCUT2D eigenvalue weighted by atomic mass is 9.81. The molecule has 1 heterocycles. The van der Waals surface area contributed by atoms with Crippen LogP contribution in [-0.4, -0.2) is 26.5 Å². The van der Waals surface area contributed by atoms with Crippen LogP contribution in [0.1, 0.15) is 23.1 Å². The average molecular weight is 267 g/mol. The highest BCUT2D eigenvalue weighted by Gasteiger charge is 2.41. The molecule has 2 N–H and O–H groups in total. The van der Waals surface area contributed by atoms with Crippen molar-refractivity contribution >= 4 is 9.84 Å². The monoisotopic (exact) mass is 267 g/mol. The summed E-state index contributed by atoms with van der Waals surface area (Å²) in [6, 6.07) is 6.40. The van der Waals surface area contributed by atoms with Gasteiger partial charge in [-0.3, -0.25) is 0 Å². The molecule has 1 unspecified atom stereocenters. The second kappa shape index (κ2) is 4.67. The summed E-state index contributed by atoms with van der Waals surface area (Å²) in [5.41, 5.74) is 9.24. The Bertz CT molecular complexity index is 531. The molecule has 4 heteroatoms. The number of aryl methyl sites for hydroxylation is 2. The van der Waals surface area contributed by atoms with Gasteiger partial charge in [0.1, 0.15) is 0 Å². The second-order valence-corrected chi connectivity index (χ2v) is 7.90. The summed E-state index contributed by atoms with van der Waals surface area (Å²) in [5.74, 6) is 0.526. The van der Waals surface area contributed by atoms with Crippen LogP contribution in [0.5, 0.6) is 0 Å². The first kappa shape index (κ1) is 13.6. The fraction of sp³-hybridized carbons (Fsp3) is 0.571. The summed E-state index contributed by atoms with van der Waals surface area (Å²) in [7, 11) is -2.89. The molecule has 1 aliphatic rings. The quantitative estimate of drug-likeness (QED) is 0.905. The number of rotatable bonds is 3. The molecule has 3 nitrogen and oxygen atoms in total. The first-order valence-corrected chi connectivity index (χ1v) is 8.14. The second-order valence-electron chi connectivity index (χ2n) is 5.72. The smallest absolute Gasteiger partial charge is 0.150 e. The molecule has 0 bridgehead atoms. The van der Waals surface area contributed by atoms with E-state index in [0.29, 0.717) is 13.0 Å². The third-order valence-electron chi connectivity index (χ3n) is 3.76. The number of benzene rings is 1. The molecule has 1 fully saturated rings. The molecule has 0 amide bonds. The molecule has 1 atom stereocenters. The van der Waals surface area contributed by atoms with Gasteiger partial charge in [0.15, 0.2) is 9.84 Å². The highest BCUT2D eigenvalue weighted by atomic mass is 32.2. The van der Waals surface area contributed by atoms with Crippen LogP contribution < -0.4 is 5.73 Å². The van der Waals surface area contributed by atoms with Crippen LogP contribution in [0.4, 0.5) is 0 Å². The molecule has 0 saturated carbocycles. The molecule has 0 aromatic heterocycles. The molecule has 1 saturated heterocycles. The number of hydrogen-bond donors (Lipinski definition) is 1. The first-order chi connectivity index (χ1) is 8.34. The van der Waals surface area contributed by atoms with Crippen molar-refractivity contribution in [1.29, 1.82) is 0 Å². The number of hydrogen-bond acceptors (Lipinski definition) is 3. The van der Waals surface area contributed by atoms with E-state index in [1.54, 1.807) is 0 Å². The van der Waals surface area contributed by atoms with Gasteiger partial charge in [-0.2, -0.15) is 0 Å². The van der Waals surface area contributed by atoms with Gasteiger partial charge in [0, 0.05) is 5.41 Å². The molecule has 0 aliphatic carbocycles. The Morgan fingerprint density at radius 3 is 2.28 bits per heavy atom. The van der Waals surface area contributed by atoms with Crippen LogP contribution in [0.3, 0.4) is 0 Å². The largest absolute Gasteiger partial charge is 0.330 e. The average Bonchev–Trinajstić information content (AvgIpc) is 2.53. The van der Waals surface area contributed by atoms with Crippen molar-refractivity contribution < 1.29 is 8.42 Å². The Hall–Kier alpha value is -0.870. The van der Waals surface area contributed by atoms with Crippen LogP contribution in [0.25, 0.3) is 0 Å².